The van der Waals surface area contributed by atoms with Crippen molar-refractivity contribution in [3.05, 3.63) is 47.3 Å². The molecule has 0 bridgehead atoms. The van der Waals surface area contributed by atoms with E-state index in [1.807, 2.05) is 0 Å². The van der Waals surface area contributed by atoms with Gasteiger partial charge in [-0.2, -0.15) is 0 Å². The zero-order chi connectivity index (χ0) is 13.2. The van der Waals surface area contributed by atoms with Gasteiger partial charge in [-0.25, -0.2) is 0 Å². The zero-order valence-electron chi connectivity index (χ0n) is 12.1. The van der Waals surface area contributed by atoms with Crippen molar-refractivity contribution in [1.29, 1.82) is 0 Å². The zero-order valence-corrected chi connectivity index (χ0v) is 12.1. The first-order valence-electron chi connectivity index (χ1n) is 7.48. The summed E-state index contributed by atoms with van der Waals surface area (Å²) in [7, 11) is 0. The van der Waals surface area contributed by atoms with Crippen LogP contribution in [0.1, 0.15) is 33.1 Å². The molecule has 0 amide bonds. The van der Waals surface area contributed by atoms with Crippen molar-refractivity contribution in [1.82, 2.24) is 9.80 Å². The van der Waals surface area contributed by atoms with Crippen molar-refractivity contribution < 1.29 is 0 Å². The van der Waals surface area contributed by atoms with Crippen LogP contribution in [-0.2, 0) is 0 Å². The minimum Gasteiger partial charge on any atom is -0.355 e. The van der Waals surface area contributed by atoms with Crippen molar-refractivity contribution in [2.24, 2.45) is 5.92 Å². The van der Waals surface area contributed by atoms with Gasteiger partial charge in [-0.1, -0.05) is 31.2 Å². The van der Waals surface area contributed by atoms with E-state index in [1.54, 1.807) is 5.70 Å². The third kappa shape index (κ3) is 2.49. The van der Waals surface area contributed by atoms with E-state index in [2.05, 4.69) is 54.0 Å². The molecule has 3 rings (SSSR count). The van der Waals surface area contributed by atoms with Crippen molar-refractivity contribution in [2.75, 3.05) is 19.8 Å². The van der Waals surface area contributed by atoms with Crippen molar-refractivity contribution in [2.45, 2.75) is 33.1 Å². The molecule has 0 aromatic rings. The highest BCUT2D eigenvalue weighted by Gasteiger charge is 2.26. The monoisotopic (exact) mass is 256 g/mol. The molecule has 1 atom stereocenters. The molecule has 1 fully saturated rings. The lowest BCUT2D eigenvalue weighted by molar-refractivity contribution is 0.296. The summed E-state index contributed by atoms with van der Waals surface area (Å²) in [5.74, 6) is 0.672. The highest BCUT2D eigenvalue weighted by Crippen LogP contribution is 2.29. The average Bonchev–Trinajstić information content (AvgIpc) is 2.89. The van der Waals surface area contributed by atoms with Crippen molar-refractivity contribution >= 4 is 0 Å². The van der Waals surface area contributed by atoms with Gasteiger partial charge < -0.3 is 9.80 Å². The molecule has 0 saturated carbocycles. The van der Waals surface area contributed by atoms with Gasteiger partial charge >= 0.3 is 0 Å². The van der Waals surface area contributed by atoms with Gasteiger partial charge in [0.15, 0.2) is 0 Å². The molecule has 2 aliphatic carbocycles. The van der Waals surface area contributed by atoms with Gasteiger partial charge in [0.05, 0.1) is 6.67 Å². The summed E-state index contributed by atoms with van der Waals surface area (Å²) in [6, 6.07) is 0. The summed E-state index contributed by atoms with van der Waals surface area (Å²) in [5, 5.41) is 0. The van der Waals surface area contributed by atoms with Gasteiger partial charge in [-0.15, -0.1) is 0 Å². The first-order chi connectivity index (χ1) is 9.25. The second-order valence-corrected chi connectivity index (χ2v) is 5.90. The van der Waals surface area contributed by atoms with Gasteiger partial charge in [0.25, 0.3) is 0 Å². The fourth-order valence-corrected chi connectivity index (χ4v) is 3.35. The third-order valence-corrected chi connectivity index (χ3v) is 4.50. The molecule has 3 aliphatic rings. The largest absolute Gasteiger partial charge is 0.355 e. The van der Waals surface area contributed by atoms with Crippen LogP contribution in [0.4, 0.5) is 0 Å². The lowest BCUT2D eigenvalue weighted by Crippen LogP contribution is -2.28. The number of hydrogen-bond acceptors (Lipinski definition) is 2. The summed E-state index contributed by atoms with van der Waals surface area (Å²) >= 11 is 0. The van der Waals surface area contributed by atoms with Crippen LogP contribution < -0.4 is 0 Å². The van der Waals surface area contributed by atoms with Crippen LogP contribution in [0.2, 0.25) is 0 Å². The van der Waals surface area contributed by atoms with Crippen molar-refractivity contribution in [3.63, 3.8) is 0 Å². The van der Waals surface area contributed by atoms with Crippen LogP contribution >= 0.6 is 0 Å². The van der Waals surface area contributed by atoms with Gasteiger partial charge in [0.1, 0.15) is 0 Å². The fraction of sp³-hybridized carbons (Fsp3) is 0.529. The van der Waals surface area contributed by atoms with E-state index >= 15 is 0 Å². The SMILES string of the molecule is CC1=C(N2CCN(C3=CC=CC[C@H]3C)C2)CCC=C1. The van der Waals surface area contributed by atoms with E-state index in [0.717, 1.165) is 6.67 Å². The number of rotatable bonds is 2. The molecule has 0 unspecified atom stereocenters. The molecule has 0 N–H and O–H groups in total. The summed E-state index contributed by atoms with van der Waals surface area (Å²) < 4.78 is 0. The minimum absolute atomic E-state index is 0.672. The van der Waals surface area contributed by atoms with Gasteiger partial charge in [-0.05, 0) is 43.8 Å². The summed E-state index contributed by atoms with van der Waals surface area (Å²) in [4.78, 5) is 5.14. The summed E-state index contributed by atoms with van der Waals surface area (Å²) in [6.07, 6.45) is 15.0. The molecule has 1 aliphatic heterocycles. The Bertz CT molecular complexity index is 468. The summed E-state index contributed by atoms with van der Waals surface area (Å²) in [5.41, 5.74) is 4.54. The summed E-state index contributed by atoms with van der Waals surface area (Å²) in [6.45, 7) is 8.01. The molecule has 0 radical (unpaired) electrons. The molecule has 102 valence electrons. The molecule has 0 aromatic heterocycles. The Morgan fingerprint density at radius 1 is 1.16 bits per heavy atom. The highest BCUT2D eigenvalue weighted by atomic mass is 15.4. The van der Waals surface area contributed by atoms with E-state index in [-0.39, 0.29) is 0 Å². The Hall–Kier alpha value is -1.44. The molecular weight excluding hydrogens is 232 g/mol. The lowest BCUT2D eigenvalue weighted by atomic mass is 9.98. The molecule has 1 saturated heterocycles. The number of allylic oxidation sites excluding steroid dienone is 8. The number of nitrogens with zero attached hydrogens (tertiary/aromatic N) is 2. The Kier molecular flexibility index (Phi) is 3.50. The predicted molar refractivity (Wildman–Crippen MR) is 80.4 cm³/mol. The van der Waals surface area contributed by atoms with Gasteiger partial charge in [0.2, 0.25) is 0 Å². The molecule has 0 aromatic carbocycles. The van der Waals surface area contributed by atoms with E-state index < -0.39 is 0 Å². The molecule has 1 heterocycles. The Labute approximate surface area is 116 Å². The Morgan fingerprint density at radius 2 is 2.00 bits per heavy atom. The van der Waals surface area contributed by atoms with Gasteiger partial charge in [-0.3, -0.25) is 0 Å². The Balaban J connectivity index is 1.72. The van der Waals surface area contributed by atoms with E-state index in [4.69, 9.17) is 0 Å². The van der Waals surface area contributed by atoms with Crippen LogP contribution in [0.3, 0.4) is 0 Å². The van der Waals surface area contributed by atoms with Crippen molar-refractivity contribution in [3.8, 4) is 0 Å². The molecular formula is C17H24N2. The van der Waals surface area contributed by atoms with Gasteiger partial charge in [0, 0.05) is 24.5 Å². The second kappa shape index (κ2) is 5.28. The number of hydrogen-bond donors (Lipinski definition) is 0. The standard InChI is InChI=1S/C17H24N2/c1-14-7-3-5-9-16(14)18-11-12-19(13-18)17-10-6-4-8-15(17)2/h3-5,8-9,14H,6-7,10-13H2,1-2H3/t14-/m1/s1. The fourth-order valence-electron chi connectivity index (χ4n) is 3.35. The Morgan fingerprint density at radius 3 is 2.79 bits per heavy atom. The average molecular weight is 256 g/mol. The van der Waals surface area contributed by atoms with Crippen LogP contribution in [0, 0.1) is 5.92 Å². The molecule has 0 spiro atoms. The highest BCUT2D eigenvalue weighted by molar-refractivity contribution is 5.28. The van der Waals surface area contributed by atoms with Crippen LogP contribution in [0.15, 0.2) is 47.3 Å². The second-order valence-electron chi connectivity index (χ2n) is 5.90. The normalized spacial score (nSPS) is 27.3. The maximum atomic E-state index is 2.57. The maximum Gasteiger partial charge on any atom is 0.0899 e. The molecule has 2 nitrogen and oxygen atoms in total. The predicted octanol–water partition coefficient (Wildman–Crippen LogP) is 3.67. The first-order valence-corrected chi connectivity index (χ1v) is 7.48. The van der Waals surface area contributed by atoms with E-state index in [1.165, 1.54) is 43.6 Å². The van der Waals surface area contributed by atoms with E-state index in [9.17, 15) is 0 Å². The smallest absolute Gasteiger partial charge is 0.0899 e. The quantitative estimate of drug-likeness (QED) is 0.744. The van der Waals surface area contributed by atoms with Crippen LogP contribution in [0.5, 0.6) is 0 Å². The lowest BCUT2D eigenvalue weighted by Gasteiger charge is -2.30. The first kappa shape index (κ1) is 12.6. The molecule has 2 heteroatoms. The van der Waals surface area contributed by atoms with E-state index in [0.29, 0.717) is 5.92 Å². The minimum atomic E-state index is 0.672. The van der Waals surface area contributed by atoms with Crippen LogP contribution in [-0.4, -0.2) is 29.6 Å². The third-order valence-electron chi connectivity index (χ3n) is 4.50. The van der Waals surface area contributed by atoms with Crippen LogP contribution in [0.25, 0.3) is 0 Å². The maximum absolute atomic E-state index is 2.57. The molecule has 19 heavy (non-hydrogen) atoms. The topological polar surface area (TPSA) is 6.48 Å².